The van der Waals surface area contributed by atoms with Crippen molar-refractivity contribution >= 4 is 23.6 Å². The molecule has 0 atom stereocenters. The Balaban J connectivity index is 2.60. The van der Waals surface area contributed by atoms with Crippen LogP contribution in [0.25, 0.3) is 0 Å². The zero-order valence-electron chi connectivity index (χ0n) is 13.8. The van der Waals surface area contributed by atoms with Crippen LogP contribution in [0, 0.1) is 6.92 Å². The molecule has 1 amide bonds. The number of hydrogen-bond donors (Lipinski definition) is 1. The number of carbonyl (C=O) groups is 2. The van der Waals surface area contributed by atoms with Crippen LogP contribution >= 0.6 is 0 Å². The molecule has 0 bridgehead atoms. The van der Waals surface area contributed by atoms with E-state index < -0.39 is 17.7 Å². The zero-order chi connectivity index (χ0) is 17.9. The van der Waals surface area contributed by atoms with Crippen molar-refractivity contribution in [3.63, 3.8) is 0 Å². The van der Waals surface area contributed by atoms with Gasteiger partial charge in [-0.05, 0) is 39.8 Å². The van der Waals surface area contributed by atoms with Crippen molar-refractivity contribution in [2.24, 2.45) is 0 Å². The highest BCUT2D eigenvalue weighted by Crippen LogP contribution is 2.27. The van der Waals surface area contributed by atoms with Gasteiger partial charge in [0.15, 0.2) is 11.5 Å². The second kappa shape index (κ2) is 6.61. The van der Waals surface area contributed by atoms with Gasteiger partial charge in [0.2, 0.25) is 0 Å². The maximum atomic E-state index is 12.6. The molecule has 0 aromatic carbocycles. The third-order valence-electron chi connectivity index (χ3n) is 2.77. The molecule has 126 valence electrons. The molecule has 2 heterocycles. The fourth-order valence-electron chi connectivity index (χ4n) is 1.89. The van der Waals surface area contributed by atoms with E-state index in [0.29, 0.717) is 11.4 Å². The molecule has 0 aliphatic heterocycles. The number of anilines is 2. The SMILES string of the molecule is Cc1cnc(N(C(=O)OC(C)(C)C)c2cccnc2)c(C(=O)O)n1. The molecular weight excluding hydrogens is 312 g/mol. The van der Waals surface area contributed by atoms with Crippen molar-refractivity contribution in [2.45, 2.75) is 33.3 Å². The highest BCUT2D eigenvalue weighted by Gasteiger charge is 2.30. The molecule has 24 heavy (non-hydrogen) atoms. The van der Waals surface area contributed by atoms with Crippen molar-refractivity contribution in [1.82, 2.24) is 15.0 Å². The zero-order valence-corrected chi connectivity index (χ0v) is 13.8. The summed E-state index contributed by atoms with van der Waals surface area (Å²) in [4.78, 5) is 37.2. The first-order valence-corrected chi connectivity index (χ1v) is 7.19. The Morgan fingerprint density at radius 1 is 1.25 bits per heavy atom. The van der Waals surface area contributed by atoms with Gasteiger partial charge >= 0.3 is 12.1 Å². The van der Waals surface area contributed by atoms with Gasteiger partial charge in [-0.15, -0.1) is 0 Å². The Hall–Kier alpha value is -3.03. The average Bonchev–Trinajstić information content (AvgIpc) is 2.48. The molecule has 2 rings (SSSR count). The topological polar surface area (TPSA) is 106 Å². The van der Waals surface area contributed by atoms with E-state index in [0.717, 1.165) is 4.90 Å². The molecule has 0 aliphatic carbocycles. The number of carbonyl (C=O) groups excluding carboxylic acids is 1. The summed E-state index contributed by atoms with van der Waals surface area (Å²) in [5.74, 6) is -1.42. The van der Waals surface area contributed by atoms with Gasteiger partial charge in [-0.2, -0.15) is 0 Å². The first-order valence-electron chi connectivity index (χ1n) is 7.19. The van der Waals surface area contributed by atoms with Gasteiger partial charge in [0.1, 0.15) is 5.60 Å². The summed E-state index contributed by atoms with van der Waals surface area (Å²) in [6, 6.07) is 3.22. The number of hydrogen-bond acceptors (Lipinski definition) is 6. The van der Waals surface area contributed by atoms with Crippen molar-refractivity contribution in [2.75, 3.05) is 4.90 Å². The van der Waals surface area contributed by atoms with Gasteiger partial charge < -0.3 is 9.84 Å². The Morgan fingerprint density at radius 3 is 2.50 bits per heavy atom. The number of carboxylic acid groups (broad SMARTS) is 1. The summed E-state index contributed by atoms with van der Waals surface area (Å²) in [6.07, 6.45) is 3.57. The second-order valence-electron chi connectivity index (χ2n) is 6.02. The molecule has 0 spiro atoms. The van der Waals surface area contributed by atoms with Gasteiger partial charge in [0, 0.05) is 6.20 Å². The fourth-order valence-corrected chi connectivity index (χ4v) is 1.89. The Bertz CT molecular complexity index is 756. The van der Waals surface area contributed by atoms with Gasteiger partial charge in [-0.25, -0.2) is 24.5 Å². The molecule has 8 nitrogen and oxygen atoms in total. The lowest BCUT2D eigenvalue weighted by Crippen LogP contribution is -2.35. The van der Waals surface area contributed by atoms with Crippen molar-refractivity contribution in [3.8, 4) is 0 Å². The highest BCUT2D eigenvalue weighted by atomic mass is 16.6. The Labute approximate surface area is 139 Å². The summed E-state index contributed by atoms with van der Waals surface area (Å²) in [5.41, 5.74) is -0.359. The Morgan fingerprint density at radius 2 is 1.96 bits per heavy atom. The number of nitrogens with zero attached hydrogens (tertiary/aromatic N) is 4. The van der Waals surface area contributed by atoms with Crippen LogP contribution in [0.5, 0.6) is 0 Å². The molecular formula is C16H18N4O4. The van der Waals surface area contributed by atoms with E-state index in [1.54, 1.807) is 39.8 Å². The van der Waals surface area contributed by atoms with E-state index in [1.807, 2.05) is 0 Å². The number of pyridine rings is 1. The van der Waals surface area contributed by atoms with Gasteiger partial charge in [-0.3, -0.25) is 4.98 Å². The van der Waals surface area contributed by atoms with E-state index >= 15 is 0 Å². The molecule has 0 unspecified atom stereocenters. The summed E-state index contributed by atoms with van der Waals surface area (Å²) in [6.45, 7) is 6.76. The minimum atomic E-state index is -1.29. The largest absolute Gasteiger partial charge is 0.476 e. The van der Waals surface area contributed by atoms with Crippen molar-refractivity contribution < 1.29 is 19.4 Å². The van der Waals surface area contributed by atoms with Crippen molar-refractivity contribution in [1.29, 1.82) is 0 Å². The van der Waals surface area contributed by atoms with Crippen LogP contribution in [0.15, 0.2) is 30.7 Å². The molecule has 0 radical (unpaired) electrons. The molecule has 2 aromatic heterocycles. The number of aromatic nitrogens is 3. The third-order valence-corrected chi connectivity index (χ3v) is 2.77. The number of aromatic carboxylic acids is 1. The average molecular weight is 330 g/mol. The number of aryl methyl sites for hydroxylation is 1. The quantitative estimate of drug-likeness (QED) is 0.922. The third kappa shape index (κ3) is 4.03. The van der Waals surface area contributed by atoms with Crippen LogP contribution in [0.3, 0.4) is 0 Å². The van der Waals surface area contributed by atoms with Crippen LogP contribution in [0.4, 0.5) is 16.3 Å². The van der Waals surface area contributed by atoms with E-state index in [4.69, 9.17) is 4.74 Å². The van der Waals surface area contributed by atoms with Gasteiger partial charge in [0.05, 0.1) is 23.8 Å². The molecule has 0 fully saturated rings. The monoisotopic (exact) mass is 330 g/mol. The van der Waals surface area contributed by atoms with E-state index in [9.17, 15) is 14.7 Å². The van der Waals surface area contributed by atoms with Crippen LogP contribution in [0.2, 0.25) is 0 Å². The lowest BCUT2D eigenvalue weighted by molar-refractivity contribution is 0.0597. The molecule has 0 aliphatic rings. The molecule has 2 aromatic rings. The molecule has 0 saturated carbocycles. The first-order chi connectivity index (χ1) is 11.2. The van der Waals surface area contributed by atoms with E-state index in [1.165, 1.54) is 18.6 Å². The highest BCUT2D eigenvalue weighted by molar-refractivity contribution is 6.01. The second-order valence-corrected chi connectivity index (χ2v) is 6.02. The standard InChI is InChI=1S/C16H18N4O4/c1-10-8-18-13(12(19-10)14(21)22)20(11-6-5-7-17-9-11)15(23)24-16(2,3)4/h5-9H,1-4H3,(H,21,22). The van der Waals surface area contributed by atoms with Gasteiger partial charge in [0.25, 0.3) is 0 Å². The lowest BCUT2D eigenvalue weighted by atomic mass is 10.2. The van der Waals surface area contributed by atoms with Crippen molar-refractivity contribution in [3.05, 3.63) is 42.1 Å². The minimum Gasteiger partial charge on any atom is -0.476 e. The number of rotatable bonds is 3. The van der Waals surface area contributed by atoms with Crippen LogP contribution in [-0.4, -0.2) is 37.7 Å². The number of ether oxygens (including phenoxy) is 1. The normalized spacial score (nSPS) is 11.0. The van der Waals surface area contributed by atoms with Crippen LogP contribution in [0.1, 0.15) is 37.0 Å². The molecule has 0 saturated heterocycles. The van der Waals surface area contributed by atoms with E-state index in [2.05, 4.69) is 15.0 Å². The number of amides is 1. The first kappa shape index (κ1) is 17.3. The maximum absolute atomic E-state index is 12.6. The predicted molar refractivity (Wildman–Crippen MR) is 86.3 cm³/mol. The summed E-state index contributed by atoms with van der Waals surface area (Å²) in [5, 5.41) is 9.40. The smallest absolute Gasteiger partial charge is 0.420 e. The molecule has 1 N–H and O–H groups in total. The summed E-state index contributed by atoms with van der Waals surface area (Å²) in [7, 11) is 0. The van der Waals surface area contributed by atoms with Crippen LogP contribution in [-0.2, 0) is 4.74 Å². The predicted octanol–water partition coefficient (Wildman–Crippen LogP) is 2.95. The minimum absolute atomic E-state index is 0.129. The van der Waals surface area contributed by atoms with Gasteiger partial charge in [-0.1, -0.05) is 0 Å². The van der Waals surface area contributed by atoms with Crippen LogP contribution < -0.4 is 4.90 Å². The lowest BCUT2D eigenvalue weighted by Gasteiger charge is -2.27. The Kier molecular flexibility index (Phi) is 4.77. The fraction of sp³-hybridized carbons (Fsp3) is 0.312. The summed E-state index contributed by atoms with van der Waals surface area (Å²) >= 11 is 0. The molecule has 8 heteroatoms. The van der Waals surface area contributed by atoms with E-state index in [-0.39, 0.29) is 11.5 Å². The maximum Gasteiger partial charge on any atom is 0.420 e. The summed E-state index contributed by atoms with van der Waals surface area (Å²) < 4.78 is 5.37. The number of carboxylic acids is 1.